The molecule has 0 fully saturated rings. The van der Waals surface area contributed by atoms with Gasteiger partial charge in [0.2, 0.25) is 0 Å². The van der Waals surface area contributed by atoms with E-state index in [-0.39, 0.29) is 6.04 Å². The van der Waals surface area contributed by atoms with E-state index in [0.717, 1.165) is 19.3 Å². The maximum atomic E-state index is 11.6. The Labute approximate surface area is 116 Å². The van der Waals surface area contributed by atoms with Crippen LogP contribution >= 0.6 is 0 Å². The van der Waals surface area contributed by atoms with Crippen molar-refractivity contribution in [1.82, 2.24) is 0 Å². The summed E-state index contributed by atoms with van der Waals surface area (Å²) in [6, 6.07) is 8.18. The number of hydrogen-bond donors (Lipinski definition) is 1. The second-order valence-corrected chi connectivity index (χ2v) is 8.12. The first-order chi connectivity index (χ1) is 8.89. The molecule has 0 aromatic heterocycles. The van der Waals surface area contributed by atoms with Gasteiger partial charge in [-0.15, -0.1) is 0 Å². The summed E-state index contributed by atoms with van der Waals surface area (Å²) >= 11 is 0. The number of hydrogen-bond acceptors (Lipinski definition) is 3. The molecular weight excluding hydrogens is 258 g/mol. The minimum absolute atomic E-state index is 0.286. The topological polar surface area (TPSA) is 60.2 Å². The van der Waals surface area contributed by atoms with Gasteiger partial charge in [-0.25, -0.2) is 8.42 Å². The first kappa shape index (κ1) is 14.5. The molecule has 0 aliphatic heterocycles. The Balaban J connectivity index is 2.13. The standard InChI is InChI=1S/C15H23NO2S/c1-11(19(2,17)18)15(16)10-13-8-5-7-12-6-3-4-9-14(12)13/h3-4,6,9,11,13,15H,5,7-8,10,16H2,1-2H3. The Hall–Kier alpha value is -0.870. The fourth-order valence-corrected chi connectivity index (χ4v) is 3.68. The first-order valence-corrected chi connectivity index (χ1v) is 8.87. The molecule has 3 unspecified atom stereocenters. The van der Waals surface area contributed by atoms with Crippen molar-refractivity contribution < 1.29 is 8.42 Å². The minimum atomic E-state index is -3.06. The Morgan fingerprint density at radius 3 is 2.74 bits per heavy atom. The Morgan fingerprint density at radius 2 is 2.05 bits per heavy atom. The molecule has 2 N–H and O–H groups in total. The van der Waals surface area contributed by atoms with Crippen LogP contribution in [0.15, 0.2) is 24.3 Å². The second kappa shape index (κ2) is 5.63. The second-order valence-electron chi connectivity index (χ2n) is 5.72. The minimum Gasteiger partial charge on any atom is -0.327 e. The van der Waals surface area contributed by atoms with Crippen LogP contribution in [0.1, 0.15) is 43.2 Å². The van der Waals surface area contributed by atoms with Crippen molar-refractivity contribution in [3.8, 4) is 0 Å². The van der Waals surface area contributed by atoms with Gasteiger partial charge < -0.3 is 5.73 Å². The van der Waals surface area contributed by atoms with Crippen LogP contribution in [0, 0.1) is 0 Å². The van der Waals surface area contributed by atoms with Crippen molar-refractivity contribution in [3.05, 3.63) is 35.4 Å². The molecule has 1 aliphatic carbocycles. The lowest BCUT2D eigenvalue weighted by atomic mass is 9.79. The molecule has 106 valence electrons. The molecule has 1 aromatic rings. The maximum absolute atomic E-state index is 11.6. The van der Waals surface area contributed by atoms with Crippen LogP contribution in [0.2, 0.25) is 0 Å². The molecule has 0 amide bonds. The lowest BCUT2D eigenvalue weighted by Gasteiger charge is -2.29. The zero-order valence-electron chi connectivity index (χ0n) is 11.7. The Bertz CT molecular complexity index is 539. The number of sulfone groups is 1. The van der Waals surface area contributed by atoms with Crippen molar-refractivity contribution >= 4 is 9.84 Å². The van der Waals surface area contributed by atoms with Crippen molar-refractivity contribution in [2.45, 2.75) is 49.8 Å². The van der Waals surface area contributed by atoms with Crippen molar-refractivity contribution in [3.63, 3.8) is 0 Å². The molecular formula is C15H23NO2S. The van der Waals surface area contributed by atoms with E-state index in [1.54, 1.807) is 6.92 Å². The molecule has 1 aromatic carbocycles. The largest absolute Gasteiger partial charge is 0.327 e. The summed E-state index contributed by atoms with van der Waals surface area (Å²) in [5.41, 5.74) is 8.88. The predicted octanol–water partition coefficient (Wildman–Crippen LogP) is 2.26. The van der Waals surface area contributed by atoms with Crippen LogP contribution in [-0.4, -0.2) is 26.0 Å². The number of fused-ring (bicyclic) bond motifs is 1. The number of benzene rings is 1. The molecule has 2 rings (SSSR count). The Kier molecular flexibility index (Phi) is 4.31. The maximum Gasteiger partial charge on any atom is 0.151 e. The van der Waals surface area contributed by atoms with Gasteiger partial charge in [0.15, 0.2) is 9.84 Å². The quantitative estimate of drug-likeness (QED) is 0.921. The zero-order valence-corrected chi connectivity index (χ0v) is 12.5. The summed E-state index contributed by atoms with van der Waals surface area (Å²) in [7, 11) is -3.06. The Morgan fingerprint density at radius 1 is 1.37 bits per heavy atom. The number of nitrogens with two attached hydrogens (primary N) is 1. The van der Waals surface area contributed by atoms with Gasteiger partial charge in [0.1, 0.15) is 0 Å². The van der Waals surface area contributed by atoms with Gasteiger partial charge in [-0.3, -0.25) is 0 Å². The first-order valence-electron chi connectivity index (χ1n) is 6.92. The third kappa shape index (κ3) is 3.37. The van der Waals surface area contributed by atoms with Crippen LogP contribution in [-0.2, 0) is 16.3 Å². The van der Waals surface area contributed by atoms with E-state index < -0.39 is 15.1 Å². The summed E-state index contributed by atoms with van der Waals surface area (Å²) < 4.78 is 23.2. The van der Waals surface area contributed by atoms with E-state index in [9.17, 15) is 8.42 Å². The number of aryl methyl sites for hydroxylation is 1. The molecule has 0 radical (unpaired) electrons. The molecule has 0 bridgehead atoms. The average molecular weight is 281 g/mol. The van der Waals surface area contributed by atoms with Crippen LogP contribution in [0.5, 0.6) is 0 Å². The van der Waals surface area contributed by atoms with Crippen LogP contribution in [0.25, 0.3) is 0 Å². The van der Waals surface area contributed by atoms with Crippen molar-refractivity contribution in [2.24, 2.45) is 5.73 Å². The van der Waals surface area contributed by atoms with Gasteiger partial charge >= 0.3 is 0 Å². The number of rotatable bonds is 4. The van der Waals surface area contributed by atoms with E-state index in [1.165, 1.54) is 23.8 Å². The van der Waals surface area contributed by atoms with Gasteiger partial charge in [-0.05, 0) is 49.7 Å². The molecule has 3 atom stereocenters. The van der Waals surface area contributed by atoms with E-state index >= 15 is 0 Å². The van der Waals surface area contributed by atoms with E-state index in [1.807, 2.05) is 0 Å². The third-order valence-electron chi connectivity index (χ3n) is 4.33. The van der Waals surface area contributed by atoms with Crippen LogP contribution in [0.4, 0.5) is 0 Å². The highest BCUT2D eigenvalue weighted by Gasteiger charge is 2.28. The highest BCUT2D eigenvalue weighted by Crippen LogP contribution is 2.35. The smallest absolute Gasteiger partial charge is 0.151 e. The SMILES string of the molecule is CC(C(N)CC1CCCc2ccccc21)S(C)(=O)=O. The monoisotopic (exact) mass is 281 g/mol. The molecule has 4 heteroatoms. The van der Waals surface area contributed by atoms with Gasteiger partial charge in [-0.2, -0.15) is 0 Å². The fraction of sp³-hybridized carbons (Fsp3) is 0.600. The summed E-state index contributed by atoms with van der Waals surface area (Å²) in [4.78, 5) is 0. The average Bonchev–Trinajstić information content (AvgIpc) is 2.37. The summed E-state index contributed by atoms with van der Waals surface area (Å²) in [5.74, 6) is 0.407. The van der Waals surface area contributed by atoms with Crippen LogP contribution < -0.4 is 5.73 Å². The molecule has 3 nitrogen and oxygen atoms in total. The normalized spacial score (nSPS) is 22.6. The molecule has 0 saturated heterocycles. The lowest BCUT2D eigenvalue weighted by Crippen LogP contribution is -2.39. The molecule has 1 aliphatic rings. The summed E-state index contributed by atoms with van der Waals surface area (Å²) in [5, 5.41) is -0.471. The summed E-state index contributed by atoms with van der Waals surface area (Å²) in [6.07, 6.45) is 5.43. The molecule has 0 heterocycles. The van der Waals surface area contributed by atoms with Gasteiger partial charge in [0, 0.05) is 12.3 Å². The van der Waals surface area contributed by atoms with Gasteiger partial charge in [0.25, 0.3) is 0 Å². The van der Waals surface area contributed by atoms with Crippen LogP contribution in [0.3, 0.4) is 0 Å². The molecule has 0 spiro atoms. The third-order valence-corrected chi connectivity index (χ3v) is 6.03. The fourth-order valence-electron chi connectivity index (χ4n) is 2.94. The molecule has 19 heavy (non-hydrogen) atoms. The zero-order chi connectivity index (χ0) is 14.0. The van der Waals surface area contributed by atoms with Crippen molar-refractivity contribution in [2.75, 3.05) is 6.26 Å². The predicted molar refractivity (Wildman–Crippen MR) is 79.0 cm³/mol. The van der Waals surface area contributed by atoms with E-state index in [0.29, 0.717) is 5.92 Å². The highest BCUT2D eigenvalue weighted by molar-refractivity contribution is 7.91. The molecule has 0 saturated carbocycles. The van der Waals surface area contributed by atoms with E-state index in [2.05, 4.69) is 24.3 Å². The van der Waals surface area contributed by atoms with E-state index in [4.69, 9.17) is 5.73 Å². The van der Waals surface area contributed by atoms with Crippen molar-refractivity contribution in [1.29, 1.82) is 0 Å². The lowest BCUT2D eigenvalue weighted by molar-refractivity contribution is 0.457. The van der Waals surface area contributed by atoms with Gasteiger partial charge in [-0.1, -0.05) is 24.3 Å². The summed E-state index contributed by atoms with van der Waals surface area (Å²) in [6.45, 7) is 1.72. The van der Waals surface area contributed by atoms with Gasteiger partial charge in [0.05, 0.1) is 5.25 Å². The highest BCUT2D eigenvalue weighted by atomic mass is 32.2.